The number of aromatic nitrogens is 2. The molecule has 1 unspecified atom stereocenters. The van der Waals surface area contributed by atoms with Crippen LogP contribution in [-0.4, -0.2) is 55.7 Å². The number of ether oxygens (including phenoxy) is 1. The lowest BCUT2D eigenvalue weighted by Gasteiger charge is -2.47. The number of carbonyl (C=O) groups is 3. The van der Waals surface area contributed by atoms with E-state index in [4.69, 9.17) is 16.3 Å². The Morgan fingerprint density at radius 1 is 1.21 bits per heavy atom. The Balaban J connectivity index is 1.42. The number of alkyl halides is 3. The fraction of sp³-hybridized carbons (Fsp3) is 0.567. The number of likely N-dealkylation sites (tertiary alicyclic amines) is 1. The van der Waals surface area contributed by atoms with Gasteiger partial charge in [0.05, 0.1) is 11.3 Å². The number of carboxylic acids is 1. The number of halogens is 4. The molecule has 2 saturated carbocycles. The Hall–Kier alpha value is -3.41. The van der Waals surface area contributed by atoms with Gasteiger partial charge in [-0.2, -0.15) is 13.2 Å². The van der Waals surface area contributed by atoms with Gasteiger partial charge in [-0.05, 0) is 62.1 Å². The SMILES string of the molecule is C[C@]1(C(=O)O)CCCC[C@H]1C(=O)N1CCc2c(Cl)ccc(OCc3cncnc3C(F)(F)F)c2C1N1CC2(CC2)CC1=O. The van der Waals surface area contributed by atoms with Crippen molar-refractivity contribution in [3.63, 3.8) is 0 Å². The zero-order chi connectivity index (χ0) is 30.7. The first-order chi connectivity index (χ1) is 20.3. The van der Waals surface area contributed by atoms with Gasteiger partial charge in [0.25, 0.3) is 0 Å². The molecule has 2 aromatic rings. The Labute approximate surface area is 251 Å². The maximum absolute atomic E-state index is 14.4. The van der Waals surface area contributed by atoms with Gasteiger partial charge in [0.2, 0.25) is 11.8 Å². The molecule has 2 aliphatic heterocycles. The van der Waals surface area contributed by atoms with E-state index in [0.717, 1.165) is 25.4 Å². The van der Waals surface area contributed by atoms with Crippen molar-refractivity contribution in [2.45, 2.75) is 77.2 Å². The quantitative estimate of drug-likeness (QED) is 0.460. The van der Waals surface area contributed by atoms with E-state index in [2.05, 4.69) is 9.97 Å². The van der Waals surface area contributed by atoms with Gasteiger partial charge in [0.1, 0.15) is 24.8 Å². The Kier molecular flexibility index (Phi) is 7.34. The molecule has 1 N–H and O–H groups in total. The summed E-state index contributed by atoms with van der Waals surface area (Å²) in [4.78, 5) is 50.7. The predicted octanol–water partition coefficient (Wildman–Crippen LogP) is 5.40. The van der Waals surface area contributed by atoms with Gasteiger partial charge in [0, 0.05) is 41.9 Å². The lowest BCUT2D eigenvalue weighted by atomic mass is 9.66. The highest BCUT2D eigenvalue weighted by Gasteiger charge is 2.56. The van der Waals surface area contributed by atoms with Crippen LogP contribution < -0.4 is 4.74 Å². The normalized spacial score (nSPS) is 26.4. The minimum absolute atomic E-state index is 0.139. The molecule has 1 spiro atoms. The van der Waals surface area contributed by atoms with E-state index >= 15 is 0 Å². The third-order valence-electron chi connectivity index (χ3n) is 9.74. The highest BCUT2D eigenvalue weighted by molar-refractivity contribution is 6.31. The number of hydrogen-bond donors (Lipinski definition) is 1. The van der Waals surface area contributed by atoms with Crippen molar-refractivity contribution in [3.8, 4) is 5.75 Å². The molecule has 1 saturated heterocycles. The zero-order valence-corrected chi connectivity index (χ0v) is 24.4. The van der Waals surface area contributed by atoms with Crippen LogP contribution in [0, 0.1) is 16.7 Å². The molecule has 0 radical (unpaired) electrons. The van der Waals surface area contributed by atoms with E-state index in [9.17, 15) is 32.7 Å². The summed E-state index contributed by atoms with van der Waals surface area (Å²) < 4.78 is 46.9. The Bertz CT molecular complexity index is 1480. The second-order valence-electron chi connectivity index (χ2n) is 12.5. The maximum atomic E-state index is 14.4. The average molecular weight is 621 g/mol. The minimum Gasteiger partial charge on any atom is -0.488 e. The van der Waals surface area contributed by atoms with Crippen molar-refractivity contribution in [1.29, 1.82) is 0 Å². The van der Waals surface area contributed by atoms with Crippen molar-refractivity contribution in [2.24, 2.45) is 16.7 Å². The summed E-state index contributed by atoms with van der Waals surface area (Å²) in [5.74, 6) is -2.14. The van der Waals surface area contributed by atoms with Gasteiger partial charge in [-0.15, -0.1) is 0 Å². The van der Waals surface area contributed by atoms with Crippen LogP contribution >= 0.6 is 11.6 Å². The molecule has 3 heterocycles. The van der Waals surface area contributed by atoms with Crippen molar-refractivity contribution >= 4 is 29.4 Å². The number of hydrogen-bond acceptors (Lipinski definition) is 6. The monoisotopic (exact) mass is 620 g/mol. The fourth-order valence-corrected chi connectivity index (χ4v) is 7.33. The van der Waals surface area contributed by atoms with Gasteiger partial charge < -0.3 is 19.6 Å². The van der Waals surface area contributed by atoms with Crippen LogP contribution in [0.15, 0.2) is 24.7 Å². The lowest BCUT2D eigenvalue weighted by Crippen LogP contribution is -2.54. The summed E-state index contributed by atoms with van der Waals surface area (Å²) in [6.45, 7) is 1.71. The molecule has 13 heteroatoms. The molecular weight excluding hydrogens is 589 g/mol. The first-order valence-electron chi connectivity index (χ1n) is 14.5. The topological polar surface area (TPSA) is 113 Å². The molecule has 1 aromatic carbocycles. The molecule has 43 heavy (non-hydrogen) atoms. The van der Waals surface area contributed by atoms with Gasteiger partial charge in [-0.25, -0.2) is 9.97 Å². The van der Waals surface area contributed by atoms with Crippen LogP contribution in [-0.2, 0) is 33.6 Å². The van der Waals surface area contributed by atoms with Crippen molar-refractivity contribution in [3.05, 3.63) is 52.1 Å². The third-order valence-corrected chi connectivity index (χ3v) is 10.1. The summed E-state index contributed by atoms with van der Waals surface area (Å²) >= 11 is 6.65. The number of amides is 2. The summed E-state index contributed by atoms with van der Waals surface area (Å²) in [6.07, 6.45) is 0.791. The second-order valence-corrected chi connectivity index (χ2v) is 12.9. The number of rotatable bonds is 6. The highest BCUT2D eigenvalue weighted by atomic mass is 35.5. The molecule has 4 aliphatic rings. The first kappa shape index (κ1) is 29.7. The van der Waals surface area contributed by atoms with Crippen LogP contribution in [0.5, 0.6) is 5.75 Å². The van der Waals surface area contributed by atoms with Gasteiger partial charge >= 0.3 is 12.1 Å². The Morgan fingerprint density at radius 3 is 2.65 bits per heavy atom. The van der Waals surface area contributed by atoms with Crippen LogP contribution in [0.1, 0.15) is 80.4 Å². The number of benzene rings is 1. The molecular formula is C30H32ClF3N4O5. The fourth-order valence-electron chi connectivity index (χ4n) is 7.07. The van der Waals surface area contributed by atoms with Gasteiger partial charge in [0.15, 0.2) is 5.69 Å². The van der Waals surface area contributed by atoms with Crippen LogP contribution in [0.3, 0.4) is 0 Å². The zero-order valence-electron chi connectivity index (χ0n) is 23.6. The van der Waals surface area contributed by atoms with E-state index in [1.807, 2.05) is 0 Å². The molecule has 2 amide bonds. The second kappa shape index (κ2) is 10.6. The number of carbonyl (C=O) groups excluding carboxylic acids is 2. The molecule has 6 rings (SSSR count). The van der Waals surface area contributed by atoms with Crippen molar-refractivity contribution in [2.75, 3.05) is 13.1 Å². The summed E-state index contributed by atoms with van der Waals surface area (Å²) in [7, 11) is 0. The van der Waals surface area contributed by atoms with E-state index in [1.165, 1.54) is 6.07 Å². The Morgan fingerprint density at radius 2 is 1.98 bits per heavy atom. The first-order valence-corrected chi connectivity index (χ1v) is 14.9. The molecule has 0 bridgehead atoms. The molecule has 9 nitrogen and oxygen atoms in total. The molecule has 3 fully saturated rings. The molecule has 230 valence electrons. The van der Waals surface area contributed by atoms with E-state index in [1.54, 1.807) is 22.8 Å². The highest BCUT2D eigenvalue weighted by Crippen LogP contribution is 2.56. The van der Waals surface area contributed by atoms with Crippen molar-refractivity contribution < 1.29 is 37.4 Å². The maximum Gasteiger partial charge on any atom is 0.433 e. The van der Waals surface area contributed by atoms with Gasteiger partial charge in [-0.3, -0.25) is 14.4 Å². The number of nitrogens with zero attached hydrogens (tertiary/aromatic N) is 4. The number of aliphatic carboxylic acids is 1. The number of fused-ring (bicyclic) bond motifs is 1. The van der Waals surface area contributed by atoms with Crippen LogP contribution in [0.4, 0.5) is 13.2 Å². The van der Waals surface area contributed by atoms with E-state index in [0.29, 0.717) is 61.2 Å². The summed E-state index contributed by atoms with van der Waals surface area (Å²) in [5.41, 5.74) is -1.73. The summed E-state index contributed by atoms with van der Waals surface area (Å²) in [6, 6.07) is 3.13. The third kappa shape index (κ3) is 5.21. The van der Waals surface area contributed by atoms with E-state index < -0.39 is 41.9 Å². The van der Waals surface area contributed by atoms with Gasteiger partial charge in [-0.1, -0.05) is 24.4 Å². The smallest absolute Gasteiger partial charge is 0.433 e. The van der Waals surface area contributed by atoms with Crippen LogP contribution in [0.2, 0.25) is 5.02 Å². The van der Waals surface area contributed by atoms with E-state index in [-0.39, 0.29) is 35.1 Å². The molecule has 3 atom stereocenters. The predicted molar refractivity (Wildman–Crippen MR) is 147 cm³/mol. The average Bonchev–Trinajstić information content (AvgIpc) is 3.64. The summed E-state index contributed by atoms with van der Waals surface area (Å²) in [5, 5.41) is 10.5. The van der Waals surface area contributed by atoms with Crippen LogP contribution in [0.25, 0.3) is 0 Å². The number of carboxylic acid groups (broad SMARTS) is 1. The molecule has 1 aromatic heterocycles. The molecule has 2 aliphatic carbocycles. The minimum atomic E-state index is -4.72. The van der Waals surface area contributed by atoms with Crippen molar-refractivity contribution in [1.82, 2.24) is 19.8 Å². The lowest BCUT2D eigenvalue weighted by molar-refractivity contribution is -0.165. The standard InChI is InChI=1S/C30H32ClF3N4O5/c1-28(27(41)42)8-3-2-4-19(28)26(40)37-11-7-18-20(31)5-6-21(43-14-17-13-35-16-36-24(17)30(32,33)34)23(18)25(37)38-15-29(9-10-29)12-22(38)39/h5-6,13,16,19,25H,2-4,7-12,14-15H2,1H3,(H,41,42)/t19-,25?,28-/m0/s1. The largest absolute Gasteiger partial charge is 0.488 e.